The van der Waals surface area contributed by atoms with Gasteiger partial charge in [0.1, 0.15) is 0 Å². The third kappa shape index (κ3) is 1.78. The predicted octanol–water partition coefficient (Wildman–Crippen LogP) is 3.85. The molecule has 0 atom stereocenters. The van der Waals surface area contributed by atoms with Gasteiger partial charge in [-0.1, -0.05) is 12.2 Å². The Morgan fingerprint density at radius 3 is 2.62 bits per heavy atom. The minimum Gasteiger partial charge on any atom is -0.126 e. The molecule has 0 spiro atoms. The van der Waals surface area contributed by atoms with Gasteiger partial charge < -0.3 is 0 Å². The van der Waals surface area contributed by atoms with Crippen molar-refractivity contribution in [1.82, 2.24) is 0 Å². The average molecular weight is 174 g/mol. The molecule has 0 heteroatoms. The van der Waals surface area contributed by atoms with Gasteiger partial charge in [0.25, 0.3) is 0 Å². The minimum absolute atomic E-state index is 0.594. The second-order valence-corrected chi connectivity index (χ2v) is 4.49. The molecule has 0 amide bonds. The third-order valence-electron chi connectivity index (χ3n) is 3.61. The fraction of sp³-hybridized carbons (Fsp3) is 0.615. The van der Waals surface area contributed by atoms with Crippen molar-refractivity contribution in [3.8, 4) is 0 Å². The van der Waals surface area contributed by atoms with E-state index in [1.54, 1.807) is 0 Å². The summed E-state index contributed by atoms with van der Waals surface area (Å²) in [5.41, 5.74) is 3.68. The average Bonchev–Trinajstić information content (AvgIpc) is 2.72. The zero-order valence-electron chi connectivity index (χ0n) is 8.42. The van der Waals surface area contributed by atoms with Gasteiger partial charge in [-0.2, -0.15) is 0 Å². The zero-order valence-corrected chi connectivity index (χ0v) is 8.42. The van der Waals surface area contributed by atoms with Gasteiger partial charge in [-0.15, -0.1) is 5.73 Å². The highest BCUT2D eigenvalue weighted by molar-refractivity contribution is 5.13. The molecule has 2 aliphatic rings. The van der Waals surface area contributed by atoms with Crippen LogP contribution in [-0.2, 0) is 0 Å². The largest absolute Gasteiger partial charge is 0.126 e. The molecule has 0 heterocycles. The number of hydrogen-bond donors (Lipinski definition) is 0. The van der Waals surface area contributed by atoms with E-state index in [9.17, 15) is 0 Å². The monoisotopic (exact) mass is 174 g/mol. The van der Waals surface area contributed by atoms with Crippen molar-refractivity contribution in [3.63, 3.8) is 0 Å². The Morgan fingerprint density at radius 1 is 1.31 bits per heavy atom. The van der Waals surface area contributed by atoms with E-state index < -0.39 is 0 Å². The van der Waals surface area contributed by atoms with Crippen molar-refractivity contribution in [1.29, 1.82) is 0 Å². The normalized spacial score (nSPS) is 36.5. The van der Waals surface area contributed by atoms with Crippen LogP contribution in [0.4, 0.5) is 0 Å². The smallest absolute Gasteiger partial charge is 0.0112 e. The van der Waals surface area contributed by atoms with E-state index in [-0.39, 0.29) is 0 Å². The topological polar surface area (TPSA) is 0 Å². The Morgan fingerprint density at radius 2 is 2.08 bits per heavy atom. The third-order valence-corrected chi connectivity index (χ3v) is 3.61. The van der Waals surface area contributed by atoms with Crippen molar-refractivity contribution in [2.45, 2.75) is 39.0 Å². The number of allylic oxidation sites excluding steroid dienone is 3. The van der Waals surface area contributed by atoms with Crippen LogP contribution in [0, 0.1) is 11.3 Å². The highest BCUT2D eigenvalue weighted by Gasteiger charge is 2.42. The van der Waals surface area contributed by atoms with Crippen LogP contribution in [0.15, 0.2) is 30.0 Å². The molecule has 0 aromatic heterocycles. The SMILES string of the molecule is CC=C=CC=CC12CCC(CC1)C2. The molecule has 0 nitrogen and oxygen atoms in total. The predicted molar refractivity (Wildman–Crippen MR) is 56.5 cm³/mol. The second-order valence-electron chi connectivity index (χ2n) is 4.49. The van der Waals surface area contributed by atoms with Crippen LogP contribution in [0.2, 0.25) is 0 Å². The number of hydrogen-bond acceptors (Lipinski definition) is 0. The molecule has 0 aromatic carbocycles. The Balaban J connectivity index is 2.01. The quantitative estimate of drug-likeness (QED) is 0.440. The van der Waals surface area contributed by atoms with Gasteiger partial charge in [-0.3, -0.25) is 0 Å². The lowest BCUT2D eigenvalue weighted by Gasteiger charge is -2.21. The summed E-state index contributed by atoms with van der Waals surface area (Å²) in [6, 6.07) is 0. The molecule has 0 radical (unpaired) electrons. The summed E-state index contributed by atoms with van der Waals surface area (Å²) >= 11 is 0. The molecule has 2 saturated carbocycles. The number of rotatable bonds is 2. The van der Waals surface area contributed by atoms with Gasteiger partial charge in [0, 0.05) is 0 Å². The van der Waals surface area contributed by atoms with Crippen LogP contribution < -0.4 is 0 Å². The minimum atomic E-state index is 0.594. The first kappa shape index (κ1) is 8.84. The van der Waals surface area contributed by atoms with Crippen molar-refractivity contribution >= 4 is 0 Å². The van der Waals surface area contributed by atoms with Gasteiger partial charge in [0.15, 0.2) is 0 Å². The molecule has 0 aromatic rings. The first-order chi connectivity index (χ1) is 6.35. The first-order valence-electron chi connectivity index (χ1n) is 5.40. The molecular formula is C13H18. The van der Waals surface area contributed by atoms with E-state index >= 15 is 0 Å². The molecule has 2 bridgehead atoms. The standard InChI is InChI=1S/C13H18/c1-2-3-4-5-8-13-9-6-12(11-13)7-10-13/h2,4-5,8,12H,6-7,9-11H2,1H3. The summed E-state index contributed by atoms with van der Waals surface area (Å²) in [4.78, 5) is 0. The highest BCUT2D eigenvalue weighted by Crippen LogP contribution is 2.54. The van der Waals surface area contributed by atoms with E-state index in [1.807, 2.05) is 19.1 Å². The molecule has 0 unspecified atom stereocenters. The van der Waals surface area contributed by atoms with Crippen LogP contribution in [0.5, 0.6) is 0 Å². The highest BCUT2D eigenvalue weighted by atomic mass is 14.5. The van der Waals surface area contributed by atoms with Gasteiger partial charge in [-0.25, -0.2) is 0 Å². The molecule has 0 N–H and O–H groups in total. The Hall–Kier alpha value is -0.740. The van der Waals surface area contributed by atoms with Gasteiger partial charge in [0.2, 0.25) is 0 Å². The first-order valence-corrected chi connectivity index (χ1v) is 5.40. The molecule has 2 rings (SSSR count). The Bertz CT molecular complexity index is 256. The van der Waals surface area contributed by atoms with Gasteiger partial charge in [0.05, 0.1) is 0 Å². The van der Waals surface area contributed by atoms with E-state index in [0.29, 0.717) is 5.41 Å². The summed E-state index contributed by atoms with van der Waals surface area (Å²) in [7, 11) is 0. The van der Waals surface area contributed by atoms with Crippen molar-refractivity contribution in [2.24, 2.45) is 11.3 Å². The van der Waals surface area contributed by atoms with E-state index in [1.165, 1.54) is 32.1 Å². The molecule has 70 valence electrons. The lowest BCUT2D eigenvalue weighted by atomic mass is 9.84. The molecule has 2 fully saturated rings. The van der Waals surface area contributed by atoms with Crippen LogP contribution in [-0.4, -0.2) is 0 Å². The fourth-order valence-electron chi connectivity index (χ4n) is 2.87. The lowest BCUT2D eigenvalue weighted by molar-refractivity contribution is 0.384. The van der Waals surface area contributed by atoms with Crippen LogP contribution in [0.3, 0.4) is 0 Å². The number of fused-ring (bicyclic) bond motifs is 2. The molecule has 2 aliphatic carbocycles. The van der Waals surface area contributed by atoms with E-state index in [4.69, 9.17) is 0 Å². The summed E-state index contributed by atoms with van der Waals surface area (Å²) in [6.07, 6.45) is 15.8. The van der Waals surface area contributed by atoms with Crippen LogP contribution >= 0.6 is 0 Å². The summed E-state index contributed by atoms with van der Waals surface area (Å²) in [5, 5.41) is 0. The van der Waals surface area contributed by atoms with Crippen LogP contribution in [0.25, 0.3) is 0 Å². The Kier molecular flexibility index (Phi) is 2.42. The second kappa shape index (κ2) is 3.55. The van der Waals surface area contributed by atoms with Gasteiger partial charge in [-0.05, 0) is 62.5 Å². The summed E-state index contributed by atoms with van der Waals surface area (Å²) < 4.78 is 0. The summed E-state index contributed by atoms with van der Waals surface area (Å²) in [5.74, 6) is 1.05. The fourth-order valence-corrected chi connectivity index (χ4v) is 2.87. The maximum absolute atomic E-state index is 3.09. The molecule has 13 heavy (non-hydrogen) atoms. The zero-order chi connectivity index (χ0) is 9.15. The molecule has 0 aliphatic heterocycles. The molecule has 0 saturated heterocycles. The maximum atomic E-state index is 3.09. The Labute approximate surface area is 81.0 Å². The van der Waals surface area contributed by atoms with E-state index in [0.717, 1.165) is 5.92 Å². The van der Waals surface area contributed by atoms with E-state index in [2.05, 4.69) is 17.9 Å². The maximum Gasteiger partial charge on any atom is -0.0112 e. The van der Waals surface area contributed by atoms with Crippen molar-refractivity contribution in [3.05, 3.63) is 30.0 Å². The van der Waals surface area contributed by atoms with Gasteiger partial charge >= 0.3 is 0 Å². The van der Waals surface area contributed by atoms with Crippen LogP contribution in [0.1, 0.15) is 39.0 Å². The van der Waals surface area contributed by atoms with Crippen molar-refractivity contribution in [2.75, 3.05) is 0 Å². The molecular weight excluding hydrogens is 156 g/mol. The lowest BCUT2D eigenvalue weighted by Crippen LogP contribution is -2.09. The van der Waals surface area contributed by atoms with Crippen molar-refractivity contribution < 1.29 is 0 Å². The summed E-state index contributed by atoms with van der Waals surface area (Å²) in [6.45, 7) is 2.00.